The molecule has 0 spiro atoms. The van der Waals surface area contributed by atoms with Crippen molar-refractivity contribution in [3.05, 3.63) is 72.3 Å². The molecule has 0 unspecified atom stereocenters. The van der Waals surface area contributed by atoms with E-state index in [1.54, 1.807) is 13.2 Å². The minimum Gasteiger partial charge on any atom is -0.496 e. The fourth-order valence-corrected chi connectivity index (χ4v) is 2.94. The molecule has 4 heteroatoms. The van der Waals surface area contributed by atoms with Gasteiger partial charge in [0, 0.05) is 16.3 Å². The van der Waals surface area contributed by atoms with Gasteiger partial charge in [0.1, 0.15) is 22.7 Å². The average molecular weight is 332 g/mol. The van der Waals surface area contributed by atoms with Crippen LogP contribution in [-0.4, -0.2) is 13.1 Å². The summed E-state index contributed by atoms with van der Waals surface area (Å²) in [7, 11) is 1.59. The van der Waals surface area contributed by atoms with Crippen LogP contribution in [0.1, 0.15) is 5.56 Å². The summed E-state index contributed by atoms with van der Waals surface area (Å²) in [6.45, 7) is 0. The topological polar surface area (TPSA) is 48.7 Å². The maximum absolute atomic E-state index is 12.3. The number of fused-ring (bicyclic) bond motifs is 3. The van der Waals surface area contributed by atoms with E-state index in [2.05, 4.69) is 0 Å². The summed E-state index contributed by atoms with van der Waals surface area (Å²) >= 11 is 0. The van der Waals surface area contributed by atoms with Gasteiger partial charge in [0.2, 0.25) is 0 Å². The highest BCUT2D eigenvalue weighted by molar-refractivity contribution is 6.05. The molecule has 0 saturated heterocycles. The van der Waals surface area contributed by atoms with Crippen LogP contribution in [0.4, 0.5) is 0 Å². The van der Waals surface area contributed by atoms with Crippen LogP contribution in [-0.2, 0) is 11.2 Å². The number of benzene rings is 3. The molecule has 3 aromatic carbocycles. The zero-order valence-electron chi connectivity index (χ0n) is 13.7. The van der Waals surface area contributed by atoms with E-state index in [0.29, 0.717) is 11.5 Å². The standard InChI is InChI=1S/C21H16O4/c1-23-18-8-4-2-6-14(18)12-21(22)24-15-10-11-20-17(13-15)16-7-3-5-9-19(16)25-20/h2-11,13H,12H2,1H3. The van der Waals surface area contributed by atoms with Crippen molar-refractivity contribution in [2.24, 2.45) is 0 Å². The van der Waals surface area contributed by atoms with Crippen molar-refractivity contribution in [3.63, 3.8) is 0 Å². The summed E-state index contributed by atoms with van der Waals surface area (Å²) < 4.78 is 16.6. The maximum atomic E-state index is 12.3. The molecule has 4 aromatic rings. The second-order valence-corrected chi connectivity index (χ2v) is 5.72. The first-order valence-electron chi connectivity index (χ1n) is 7.98. The number of carbonyl (C=O) groups is 1. The van der Waals surface area contributed by atoms with Crippen molar-refractivity contribution in [2.45, 2.75) is 6.42 Å². The molecule has 4 rings (SSSR count). The summed E-state index contributed by atoms with van der Waals surface area (Å²) in [5.74, 6) is 0.839. The van der Waals surface area contributed by atoms with E-state index in [-0.39, 0.29) is 12.4 Å². The number of para-hydroxylation sites is 2. The van der Waals surface area contributed by atoms with Gasteiger partial charge in [-0.25, -0.2) is 0 Å². The molecule has 4 nitrogen and oxygen atoms in total. The predicted molar refractivity (Wildman–Crippen MR) is 96.1 cm³/mol. The van der Waals surface area contributed by atoms with Gasteiger partial charge in [-0.2, -0.15) is 0 Å². The highest BCUT2D eigenvalue weighted by Crippen LogP contribution is 2.31. The van der Waals surface area contributed by atoms with E-state index in [1.807, 2.05) is 60.7 Å². The largest absolute Gasteiger partial charge is 0.496 e. The molecular weight excluding hydrogens is 316 g/mol. The van der Waals surface area contributed by atoms with Crippen LogP contribution < -0.4 is 9.47 Å². The lowest BCUT2D eigenvalue weighted by molar-refractivity contribution is -0.133. The van der Waals surface area contributed by atoms with Gasteiger partial charge < -0.3 is 13.9 Å². The highest BCUT2D eigenvalue weighted by Gasteiger charge is 2.12. The Morgan fingerprint density at radius 1 is 0.920 bits per heavy atom. The molecule has 124 valence electrons. The molecular formula is C21H16O4. The first-order valence-corrected chi connectivity index (χ1v) is 7.98. The zero-order valence-corrected chi connectivity index (χ0v) is 13.7. The minimum absolute atomic E-state index is 0.147. The van der Waals surface area contributed by atoms with E-state index in [1.165, 1.54) is 0 Å². The first kappa shape index (κ1) is 15.3. The summed E-state index contributed by atoms with van der Waals surface area (Å²) in [4.78, 5) is 12.3. The SMILES string of the molecule is COc1ccccc1CC(=O)Oc1ccc2oc3ccccc3c2c1. The lowest BCUT2D eigenvalue weighted by Gasteiger charge is -2.08. The Kier molecular flexibility index (Phi) is 3.86. The van der Waals surface area contributed by atoms with Gasteiger partial charge in [-0.15, -0.1) is 0 Å². The molecule has 0 aliphatic rings. The highest BCUT2D eigenvalue weighted by atomic mass is 16.5. The van der Waals surface area contributed by atoms with E-state index in [0.717, 1.165) is 27.5 Å². The monoisotopic (exact) mass is 332 g/mol. The quantitative estimate of drug-likeness (QED) is 0.400. The molecule has 1 heterocycles. The van der Waals surface area contributed by atoms with E-state index in [4.69, 9.17) is 13.9 Å². The van der Waals surface area contributed by atoms with Crippen LogP contribution in [0.3, 0.4) is 0 Å². The van der Waals surface area contributed by atoms with Crippen molar-refractivity contribution in [1.82, 2.24) is 0 Å². The number of esters is 1. The Morgan fingerprint density at radius 3 is 2.56 bits per heavy atom. The Morgan fingerprint density at radius 2 is 1.68 bits per heavy atom. The fourth-order valence-electron chi connectivity index (χ4n) is 2.94. The van der Waals surface area contributed by atoms with Gasteiger partial charge in [-0.3, -0.25) is 4.79 Å². The molecule has 0 aliphatic heterocycles. The number of hydrogen-bond donors (Lipinski definition) is 0. The van der Waals surface area contributed by atoms with Crippen LogP contribution in [0, 0.1) is 0 Å². The van der Waals surface area contributed by atoms with Crippen LogP contribution in [0.25, 0.3) is 21.9 Å². The Balaban J connectivity index is 1.59. The van der Waals surface area contributed by atoms with Crippen LogP contribution in [0.2, 0.25) is 0 Å². The Labute approximate surface area is 144 Å². The number of ether oxygens (including phenoxy) is 2. The van der Waals surface area contributed by atoms with Crippen molar-refractivity contribution >= 4 is 27.9 Å². The molecule has 0 amide bonds. The van der Waals surface area contributed by atoms with Gasteiger partial charge in [0.05, 0.1) is 13.5 Å². The van der Waals surface area contributed by atoms with Gasteiger partial charge in [-0.1, -0.05) is 36.4 Å². The second-order valence-electron chi connectivity index (χ2n) is 5.72. The molecule has 0 aliphatic carbocycles. The number of rotatable bonds is 4. The zero-order chi connectivity index (χ0) is 17.2. The molecule has 25 heavy (non-hydrogen) atoms. The minimum atomic E-state index is -0.336. The van der Waals surface area contributed by atoms with E-state index in [9.17, 15) is 4.79 Å². The van der Waals surface area contributed by atoms with Crippen LogP contribution in [0.5, 0.6) is 11.5 Å². The van der Waals surface area contributed by atoms with Crippen molar-refractivity contribution in [3.8, 4) is 11.5 Å². The molecule has 1 aromatic heterocycles. The van der Waals surface area contributed by atoms with Gasteiger partial charge in [0.15, 0.2) is 0 Å². The summed E-state index contributed by atoms with van der Waals surface area (Å²) in [6.07, 6.45) is 0.147. The lowest BCUT2D eigenvalue weighted by atomic mass is 10.1. The van der Waals surface area contributed by atoms with Crippen LogP contribution >= 0.6 is 0 Å². The maximum Gasteiger partial charge on any atom is 0.315 e. The average Bonchev–Trinajstić information content (AvgIpc) is 3.00. The third kappa shape index (κ3) is 2.94. The summed E-state index contributed by atoms with van der Waals surface area (Å²) in [5.41, 5.74) is 2.38. The fraction of sp³-hybridized carbons (Fsp3) is 0.0952. The first-order chi connectivity index (χ1) is 12.2. The third-order valence-corrected chi connectivity index (χ3v) is 4.11. The molecule has 0 fully saturated rings. The van der Waals surface area contributed by atoms with E-state index >= 15 is 0 Å². The Hall–Kier alpha value is -3.27. The van der Waals surface area contributed by atoms with E-state index < -0.39 is 0 Å². The summed E-state index contributed by atoms with van der Waals surface area (Å²) in [5, 5.41) is 1.93. The smallest absolute Gasteiger partial charge is 0.315 e. The number of methoxy groups -OCH3 is 1. The molecule has 0 radical (unpaired) electrons. The normalized spacial score (nSPS) is 10.9. The lowest BCUT2D eigenvalue weighted by Crippen LogP contribution is -2.11. The number of furan rings is 1. The van der Waals surface area contributed by atoms with Gasteiger partial charge >= 0.3 is 5.97 Å². The predicted octanol–water partition coefficient (Wildman–Crippen LogP) is 4.74. The second kappa shape index (κ2) is 6.32. The molecule has 0 saturated carbocycles. The van der Waals surface area contributed by atoms with Gasteiger partial charge in [-0.05, 0) is 30.3 Å². The van der Waals surface area contributed by atoms with Crippen molar-refractivity contribution < 1.29 is 18.7 Å². The molecule has 0 bridgehead atoms. The number of carbonyl (C=O) groups excluding carboxylic acids is 1. The summed E-state index contributed by atoms with van der Waals surface area (Å²) in [6, 6.07) is 20.6. The van der Waals surface area contributed by atoms with Crippen molar-refractivity contribution in [2.75, 3.05) is 7.11 Å². The van der Waals surface area contributed by atoms with Crippen LogP contribution in [0.15, 0.2) is 71.1 Å². The van der Waals surface area contributed by atoms with Gasteiger partial charge in [0.25, 0.3) is 0 Å². The van der Waals surface area contributed by atoms with Crippen molar-refractivity contribution in [1.29, 1.82) is 0 Å². The molecule has 0 N–H and O–H groups in total. The number of hydrogen-bond acceptors (Lipinski definition) is 4. The molecule has 0 atom stereocenters. The third-order valence-electron chi connectivity index (χ3n) is 4.11. The Bertz CT molecular complexity index is 1060.